The van der Waals surface area contributed by atoms with Gasteiger partial charge in [0.1, 0.15) is 6.20 Å². The zero-order valence-corrected chi connectivity index (χ0v) is 12.8. The number of halogens is 5. The van der Waals surface area contributed by atoms with Gasteiger partial charge in [0.05, 0.1) is 23.3 Å². The van der Waals surface area contributed by atoms with Crippen LogP contribution in [0.2, 0.25) is 10.2 Å². The number of aromatic nitrogens is 2. The van der Waals surface area contributed by atoms with Crippen LogP contribution < -0.4 is 9.88 Å². The van der Waals surface area contributed by atoms with Gasteiger partial charge in [-0.25, -0.2) is 9.13 Å². The molecule has 0 aliphatic carbocycles. The van der Waals surface area contributed by atoms with Crippen LogP contribution in [0.15, 0.2) is 30.7 Å². The Labute approximate surface area is 134 Å². The van der Waals surface area contributed by atoms with Gasteiger partial charge in [-0.15, -0.1) is 0 Å². The minimum Gasteiger partial charge on any atom is -0.321 e. The molecule has 0 unspecified atom stereocenters. The maximum absolute atomic E-state index is 12.7. The lowest BCUT2D eigenvalue weighted by Gasteiger charge is -2.11. The summed E-state index contributed by atoms with van der Waals surface area (Å²) in [5.41, 5.74) is -0.980. The highest BCUT2D eigenvalue weighted by Gasteiger charge is 2.31. The molecule has 0 atom stereocenters. The number of benzene rings is 1. The molecule has 0 fully saturated rings. The molecular weight excluding hydrogens is 342 g/mol. The van der Waals surface area contributed by atoms with Crippen molar-refractivity contribution >= 4 is 34.8 Å². The number of amides is 1. The molecule has 0 saturated carbocycles. The highest BCUT2D eigenvalue weighted by atomic mass is 35.5. The number of hydrogen-bond donors (Lipinski definition) is 1. The van der Waals surface area contributed by atoms with Crippen LogP contribution in [0.25, 0.3) is 0 Å². The number of alkyl halides is 3. The number of carbonyl (C=O) groups excluding carboxylic acids is 1. The third-order valence-electron chi connectivity index (χ3n) is 2.82. The molecule has 22 heavy (non-hydrogen) atoms. The molecule has 1 N–H and O–H groups in total. The quantitative estimate of drug-likeness (QED) is 0.845. The number of carbonyl (C=O) groups is 1. The molecule has 0 spiro atoms. The van der Waals surface area contributed by atoms with Crippen LogP contribution in [0.3, 0.4) is 0 Å². The minimum atomic E-state index is -4.51. The molecule has 2 aromatic rings. The summed E-state index contributed by atoms with van der Waals surface area (Å²) in [4.78, 5) is 11.9. The van der Waals surface area contributed by atoms with Gasteiger partial charge in [0, 0.05) is 0 Å². The second-order valence-corrected chi connectivity index (χ2v) is 5.39. The van der Waals surface area contributed by atoms with Crippen molar-refractivity contribution in [1.82, 2.24) is 4.57 Å². The lowest BCUT2D eigenvalue weighted by Crippen LogP contribution is -2.38. The highest BCUT2D eigenvalue weighted by Crippen LogP contribution is 2.33. The molecule has 1 aromatic carbocycles. The molecule has 0 aliphatic rings. The van der Waals surface area contributed by atoms with E-state index in [4.69, 9.17) is 23.2 Å². The topological polar surface area (TPSA) is 37.9 Å². The van der Waals surface area contributed by atoms with Crippen molar-refractivity contribution in [1.29, 1.82) is 0 Å². The summed E-state index contributed by atoms with van der Waals surface area (Å²) < 4.78 is 41.0. The maximum Gasteiger partial charge on any atom is 0.416 e. The SMILES string of the molecule is Cn1c[n+](CC(=O)Nc2cc(C(F)(F)F)ccc2Cl)cc1Cl. The number of anilines is 1. The molecule has 0 radical (unpaired) electrons. The van der Waals surface area contributed by atoms with E-state index in [1.807, 2.05) is 0 Å². The summed E-state index contributed by atoms with van der Waals surface area (Å²) in [6, 6.07) is 2.74. The van der Waals surface area contributed by atoms with E-state index in [1.165, 1.54) is 10.8 Å². The van der Waals surface area contributed by atoms with Gasteiger partial charge in [-0.2, -0.15) is 13.2 Å². The Balaban J connectivity index is 2.14. The first-order valence-electron chi connectivity index (χ1n) is 6.04. The van der Waals surface area contributed by atoms with Crippen molar-refractivity contribution in [3.05, 3.63) is 46.5 Å². The van der Waals surface area contributed by atoms with Gasteiger partial charge in [0.25, 0.3) is 5.91 Å². The smallest absolute Gasteiger partial charge is 0.321 e. The fraction of sp³-hybridized carbons (Fsp3) is 0.231. The van der Waals surface area contributed by atoms with Gasteiger partial charge >= 0.3 is 6.18 Å². The van der Waals surface area contributed by atoms with E-state index in [9.17, 15) is 18.0 Å². The number of rotatable bonds is 3. The normalized spacial score (nSPS) is 11.5. The van der Waals surface area contributed by atoms with Gasteiger partial charge in [0.2, 0.25) is 11.5 Å². The number of aryl methyl sites for hydroxylation is 1. The molecule has 1 amide bonds. The van der Waals surface area contributed by atoms with Crippen LogP contribution in [-0.2, 0) is 24.6 Å². The second-order valence-electron chi connectivity index (χ2n) is 4.59. The largest absolute Gasteiger partial charge is 0.416 e. The third-order valence-corrected chi connectivity index (χ3v) is 3.52. The van der Waals surface area contributed by atoms with Crippen molar-refractivity contribution < 1.29 is 22.5 Å². The first kappa shape index (κ1) is 16.6. The summed E-state index contributed by atoms with van der Waals surface area (Å²) in [7, 11) is 1.69. The standard InChI is InChI=1S/C13H10Cl2F3N3O/c1-20-7-21(5-11(20)15)6-12(22)19-10-4-8(13(16,17)18)2-3-9(10)14/h2-5,7H,6H2,1H3/p+1. The number of imidazole rings is 1. The van der Waals surface area contributed by atoms with Gasteiger partial charge in [-0.3, -0.25) is 4.79 Å². The van der Waals surface area contributed by atoms with Gasteiger partial charge in [-0.05, 0) is 29.8 Å². The van der Waals surface area contributed by atoms with E-state index in [1.54, 1.807) is 17.9 Å². The van der Waals surface area contributed by atoms with Crippen LogP contribution in [0.4, 0.5) is 18.9 Å². The van der Waals surface area contributed by atoms with Gasteiger partial charge in [-0.1, -0.05) is 11.6 Å². The average molecular weight is 353 g/mol. The van der Waals surface area contributed by atoms with E-state index in [0.29, 0.717) is 5.15 Å². The van der Waals surface area contributed by atoms with Crippen LogP contribution >= 0.6 is 23.2 Å². The Hall–Kier alpha value is -1.73. The number of hydrogen-bond acceptors (Lipinski definition) is 1. The van der Waals surface area contributed by atoms with Crippen molar-refractivity contribution in [2.24, 2.45) is 7.05 Å². The van der Waals surface area contributed by atoms with Crippen LogP contribution in [0.1, 0.15) is 5.56 Å². The molecular formula is C13H11Cl2F3N3O+. The first-order valence-corrected chi connectivity index (χ1v) is 6.80. The van der Waals surface area contributed by atoms with Crippen LogP contribution in [0, 0.1) is 0 Å². The Kier molecular flexibility index (Phi) is 4.67. The molecule has 0 saturated heterocycles. The second kappa shape index (κ2) is 6.18. The fourth-order valence-corrected chi connectivity index (χ4v) is 2.11. The average Bonchev–Trinajstić information content (AvgIpc) is 2.69. The summed E-state index contributed by atoms with van der Waals surface area (Å²) >= 11 is 11.6. The summed E-state index contributed by atoms with van der Waals surface area (Å²) in [6.07, 6.45) is -1.41. The van der Waals surface area contributed by atoms with E-state index in [-0.39, 0.29) is 17.3 Å². The van der Waals surface area contributed by atoms with Crippen molar-refractivity contribution in [3.63, 3.8) is 0 Å². The lowest BCUT2D eigenvalue weighted by atomic mass is 10.2. The van der Waals surface area contributed by atoms with E-state index >= 15 is 0 Å². The fourth-order valence-electron chi connectivity index (χ4n) is 1.78. The molecule has 1 aromatic heterocycles. The first-order chi connectivity index (χ1) is 10.2. The van der Waals surface area contributed by atoms with Crippen molar-refractivity contribution in [3.8, 4) is 0 Å². The predicted molar refractivity (Wildman–Crippen MR) is 75.7 cm³/mol. The molecule has 4 nitrogen and oxygen atoms in total. The van der Waals surface area contributed by atoms with Crippen LogP contribution in [-0.4, -0.2) is 10.5 Å². The van der Waals surface area contributed by atoms with Gasteiger partial charge < -0.3 is 5.32 Å². The summed E-state index contributed by atoms with van der Waals surface area (Å²) in [6.45, 7) is -0.104. The summed E-state index contributed by atoms with van der Waals surface area (Å²) in [5.74, 6) is -0.520. The Morgan fingerprint density at radius 3 is 2.59 bits per heavy atom. The third kappa shape index (κ3) is 3.92. The number of nitrogens with one attached hydrogen (secondary N) is 1. The Morgan fingerprint density at radius 1 is 1.36 bits per heavy atom. The monoisotopic (exact) mass is 352 g/mol. The molecule has 2 rings (SSSR count). The molecule has 0 bridgehead atoms. The molecule has 1 heterocycles. The zero-order valence-electron chi connectivity index (χ0n) is 11.3. The Bertz CT molecular complexity index is 694. The highest BCUT2D eigenvalue weighted by molar-refractivity contribution is 6.33. The maximum atomic E-state index is 12.7. The summed E-state index contributed by atoms with van der Waals surface area (Å²) in [5, 5.41) is 2.80. The van der Waals surface area contributed by atoms with Crippen molar-refractivity contribution in [2.45, 2.75) is 12.7 Å². The van der Waals surface area contributed by atoms with E-state index in [2.05, 4.69) is 5.32 Å². The van der Waals surface area contributed by atoms with Gasteiger partial charge in [0.15, 0.2) is 6.54 Å². The predicted octanol–water partition coefficient (Wildman–Crippen LogP) is 3.28. The van der Waals surface area contributed by atoms with E-state index < -0.39 is 17.6 Å². The zero-order chi connectivity index (χ0) is 16.5. The van der Waals surface area contributed by atoms with Crippen LogP contribution in [0.5, 0.6) is 0 Å². The lowest BCUT2D eigenvalue weighted by molar-refractivity contribution is -0.683. The molecule has 118 valence electrons. The number of nitrogens with zero attached hydrogens (tertiary/aromatic N) is 2. The van der Waals surface area contributed by atoms with Crippen molar-refractivity contribution in [2.75, 3.05) is 5.32 Å². The molecule has 9 heteroatoms. The minimum absolute atomic E-state index is 0.0254. The van der Waals surface area contributed by atoms with E-state index in [0.717, 1.165) is 18.2 Å². The molecule has 0 aliphatic heterocycles. The Morgan fingerprint density at radius 2 is 2.05 bits per heavy atom.